The summed E-state index contributed by atoms with van der Waals surface area (Å²) in [5.74, 6) is 0. The predicted molar refractivity (Wildman–Crippen MR) is 91.5 cm³/mol. The van der Waals surface area contributed by atoms with Crippen LogP contribution >= 0.6 is 11.6 Å². The second kappa shape index (κ2) is 5.57. The molecular weight excluding hydrogens is 314 g/mol. The summed E-state index contributed by atoms with van der Waals surface area (Å²) < 4.78 is 7.22. The average molecular weight is 334 g/mol. The van der Waals surface area contributed by atoms with Crippen LogP contribution < -0.4 is 0 Å². The lowest BCUT2D eigenvalue weighted by molar-refractivity contribution is 0.0306. The molecule has 0 bridgehead atoms. The standard InChI is InChI=1S/C17H20ClN3O2/c1-17(2,3)23-16(22)21-6-5-11(10-21)12-7-14(18)13-9-19-20(4)15(13)8-12/h5,7-9H,6,10H2,1-4H3. The molecule has 0 spiro atoms. The van der Waals surface area contributed by atoms with E-state index in [9.17, 15) is 4.79 Å². The van der Waals surface area contributed by atoms with E-state index in [1.54, 1.807) is 15.8 Å². The minimum absolute atomic E-state index is 0.295. The van der Waals surface area contributed by atoms with E-state index in [1.807, 2.05) is 40.0 Å². The summed E-state index contributed by atoms with van der Waals surface area (Å²) in [7, 11) is 1.89. The number of carbonyl (C=O) groups is 1. The van der Waals surface area contributed by atoms with Crippen LogP contribution in [0.2, 0.25) is 5.02 Å². The Hall–Kier alpha value is -2.01. The molecular formula is C17H20ClN3O2. The number of ether oxygens (including phenoxy) is 1. The number of halogens is 1. The van der Waals surface area contributed by atoms with Crippen LogP contribution in [-0.2, 0) is 11.8 Å². The van der Waals surface area contributed by atoms with Gasteiger partial charge in [-0.15, -0.1) is 0 Å². The fraction of sp³-hybridized carbons (Fsp3) is 0.412. The molecule has 122 valence electrons. The Morgan fingerprint density at radius 3 is 2.78 bits per heavy atom. The van der Waals surface area contributed by atoms with Gasteiger partial charge in [0.25, 0.3) is 0 Å². The van der Waals surface area contributed by atoms with Gasteiger partial charge in [0.15, 0.2) is 0 Å². The summed E-state index contributed by atoms with van der Waals surface area (Å²) in [6.45, 7) is 6.67. The lowest BCUT2D eigenvalue weighted by Crippen LogP contribution is -2.35. The number of aryl methyl sites for hydroxylation is 1. The van der Waals surface area contributed by atoms with Gasteiger partial charge in [-0.05, 0) is 44.0 Å². The molecule has 2 aromatic rings. The lowest BCUT2D eigenvalue weighted by atomic mass is 10.1. The highest BCUT2D eigenvalue weighted by molar-refractivity contribution is 6.35. The Balaban J connectivity index is 1.82. The first-order valence-corrected chi connectivity index (χ1v) is 7.91. The Kier molecular flexibility index (Phi) is 3.84. The van der Waals surface area contributed by atoms with Crippen molar-refractivity contribution >= 4 is 34.2 Å². The maximum atomic E-state index is 12.2. The smallest absolute Gasteiger partial charge is 0.410 e. The number of aromatic nitrogens is 2. The Morgan fingerprint density at radius 2 is 2.09 bits per heavy atom. The maximum Gasteiger partial charge on any atom is 0.410 e. The molecule has 3 rings (SSSR count). The van der Waals surface area contributed by atoms with Gasteiger partial charge in [-0.25, -0.2) is 4.79 Å². The SMILES string of the molecule is Cn1ncc2c(Cl)cc(C3=CCN(C(=O)OC(C)(C)C)C3)cc21. The highest BCUT2D eigenvalue weighted by atomic mass is 35.5. The number of amides is 1. The van der Waals surface area contributed by atoms with Crippen LogP contribution in [0.1, 0.15) is 26.3 Å². The Morgan fingerprint density at radius 1 is 1.35 bits per heavy atom. The molecule has 0 N–H and O–H groups in total. The second-order valence-corrected chi connectivity index (χ2v) is 7.16. The van der Waals surface area contributed by atoms with Gasteiger partial charge in [0.2, 0.25) is 0 Å². The van der Waals surface area contributed by atoms with Crippen LogP contribution in [0.4, 0.5) is 4.79 Å². The number of hydrogen-bond donors (Lipinski definition) is 0. The fourth-order valence-corrected chi connectivity index (χ4v) is 2.88. The van der Waals surface area contributed by atoms with Gasteiger partial charge < -0.3 is 9.64 Å². The molecule has 0 fully saturated rings. The van der Waals surface area contributed by atoms with E-state index in [-0.39, 0.29) is 6.09 Å². The van der Waals surface area contributed by atoms with Crippen LogP contribution in [0.25, 0.3) is 16.5 Å². The van der Waals surface area contributed by atoms with E-state index in [2.05, 4.69) is 11.2 Å². The normalized spacial score (nSPS) is 15.2. The van der Waals surface area contributed by atoms with Crippen LogP contribution in [0.15, 0.2) is 24.4 Å². The summed E-state index contributed by atoms with van der Waals surface area (Å²) in [5.41, 5.74) is 2.57. The minimum atomic E-state index is -0.489. The molecule has 1 aliphatic heterocycles. The molecule has 2 heterocycles. The lowest BCUT2D eigenvalue weighted by Gasteiger charge is -2.24. The fourth-order valence-electron chi connectivity index (χ4n) is 2.62. The van der Waals surface area contributed by atoms with Crippen LogP contribution in [0, 0.1) is 0 Å². The van der Waals surface area contributed by atoms with Gasteiger partial charge in [-0.1, -0.05) is 17.7 Å². The Bertz CT molecular complexity index is 802. The third-order valence-electron chi connectivity index (χ3n) is 3.76. The number of carbonyl (C=O) groups excluding carboxylic acids is 1. The highest BCUT2D eigenvalue weighted by Gasteiger charge is 2.26. The summed E-state index contributed by atoms with van der Waals surface area (Å²) in [4.78, 5) is 13.8. The molecule has 1 aliphatic rings. The first-order chi connectivity index (χ1) is 10.7. The third-order valence-corrected chi connectivity index (χ3v) is 4.07. The first-order valence-electron chi connectivity index (χ1n) is 7.53. The van der Waals surface area contributed by atoms with Gasteiger partial charge in [-0.2, -0.15) is 5.10 Å². The molecule has 0 saturated heterocycles. The number of nitrogens with zero attached hydrogens (tertiary/aromatic N) is 3. The Labute approximate surface area is 140 Å². The summed E-state index contributed by atoms with van der Waals surface area (Å²) in [5, 5.41) is 5.84. The maximum absolute atomic E-state index is 12.2. The van der Waals surface area contributed by atoms with Crippen molar-refractivity contribution in [3.05, 3.63) is 35.0 Å². The zero-order valence-corrected chi connectivity index (χ0v) is 14.5. The minimum Gasteiger partial charge on any atom is -0.444 e. The van der Waals surface area contributed by atoms with Crippen molar-refractivity contribution in [1.82, 2.24) is 14.7 Å². The first kappa shape index (κ1) is 15.9. The van der Waals surface area contributed by atoms with Gasteiger partial charge >= 0.3 is 6.09 Å². The van der Waals surface area contributed by atoms with Crippen LogP contribution in [-0.4, -0.2) is 39.5 Å². The predicted octanol–water partition coefficient (Wildman–Crippen LogP) is 3.86. The molecule has 1 aromatic carbocycles. The zero-order valence-electron chi connectivity index (χ0n) is 13.8. The van der Waals surface area contributed by atoms with Crippen molar-refractivity contribution in [2.24, 2.45) is 7.05 Å². The van der Waals surface area contributed by atoms with E-state index in [1.165, 1.54) is 0 Å². The van der Waals surface area contributed by atoms with Crippen molar-refractivity contribution in [2.75, 3.05) is 13.1 Å². The monoisotopic (exact) mass is 333 g/mol. The second-order valence-electron chi connectivity index (χ2n) is 6.75. The van der Waals surface area contributed by atoms with Crippen molar-refractivity contribution < 1.29 is 9.53 Å². The molecule has 0 atom stereocenters. The van der Waals surface area contributed by atoms with Crippen molar-refractivity contribution in [2.45, 2.75) is 26.4 Å². The average Bonchev–Trinajstić information content (AvgIpc) is 3.05. The van der Waals surface area contributed by atoms with E-state index in [0.29, 0.717) is 18.1 Å². The number of fused-ring (bicyclic) bond motifs is 1. The molecule has 0 unspecified atom stereocenters. The topological polar surface area (TPSA) is 47.4 Å². The van der Waals surface area contributed by atoms with E-state index >= 15 is 0 Å². The molecule has 0 radical (unpaired) electrons. The number of benzene rings is 1. The molecule has 1 amide bonds. The molecule has 5 nitrogen and oxygen atoms in total. The van der Waals surface area contributed by atoms with E-state index in [0.717, 1.165) is 22.0 Å². The van der Waals surface area contributed by atoms with E-state index in [4.69, 9.17) is 16.3 Å². The van der Waals surface area contributed by atoms with Crippen molar-refractivity contribution in [1.29, 1.82) is 0 Å². The molecule has 0 aliphatic carbocycles. The van der Waals surface area contributed by atoms with Crippen molar-refractivity contribution in [3.8, 4) is 0 Å². The van der Waals surface area contributed by atoms with Gasteiger partial charge in [0.1, 0.15) is 5.60 Å². The molecule has 6 heteroatoms. The van der Waals surface area contributed by atoms with Gasteiger partial charge in [0, 0.05) is 25.5 Å². The van der Waals surface area contributed by atoms with Gasteiger partial charge in [-0.3, -0.25) is 4.68 Å². The van der Waals surface area contributed by atoms with Crippen LogP contribution in [0.5, 0.6) is 0 Å². The molecule has 0 saturated carbocycles. The summed E-state index contributed by atoms with van der Waals surface area (Å²) >= 11 is 6.35. The van der Waals surface area contributed by atoms with Crippen LogP contribution in [0.3, 0.4) is 0 Å². The quantitative estimate of drug-likeness (QED) is 0.796. The van der Waals surface area contributed by atoms with E-state index < -0.39 is 5.60 Å². The number of rotatable bonds is 1. The van der Waals surface area contributed by atoms with Crippen molar-refractivity contribution in [3.63, 3.8) is 0 Å². The molecule has 23 heavy (non-hydrogen) atoms. The summed E-state index contributed by atoms with van der Waals surface area (Å²) in [6, 6.07) is 3.98. The third kappa shape index (κ3) is 3.20. The van der Waals surface area contributed by atoms with Gasteiger partial charge in [0.05, 0.1) is 16.7 Å². The molecule has 1 aromatic heterocycles. The summed E-state index contributed by atoms with van der Waals surface area (Å²) in [6.07, 6.45) is 3.51. The largest absolute Gasteiger partial charge is 0.444 e. The zero-order chi connectivity index (χ0) is 16.8. The highest BCUT2D eigenvalue weighted by Crippen LogP contribution is 2.30. The number of hydrogen-bond acceptors (Lipinski definition) is 3.